The predicted molar refractivity (Wildman–Crippen MR) is 109 cm³/mol. The van der Waals surface area contributed by atoms with Gasteiger partial charge in [-0.25, -0.2) is 8.78 Å². The van der Waals surface area contributed by atoms with Gasteiger partial charge in [-0.2, -0.15) is 0 Å². The molecule has 2 aromatic rings. The molecule has 2 N–H and O–H groups in total. The number of halogens is 2. The van der Waals surface area contributed by atoms with Crippen molar-refractivity contribution in [2.45, 2.75) is 44.6 Å². The van der Waals surface area contributed by atoms with Gasteiger partial charge in [0.2, 0.25) is 0 Å². The molecule has 0 radical (unpaired) electrons. The summed E-state index contributed by atoms with van der Waals surface area (Å²) in [5.41, 5.74) is 0.825. The molecule has 1 aliphatic rings. The molecule has 1 saturated heterocycles. The van der Waals surface area contributed by atoms with E-state index in [1.807, 2.05) is 38.2 Å². The van der Waals surface area contributed by atoms with E-state index >= 15 is 0 Å². The van der Waals surface area contributed by atoms with Crippen molar-refractivity contribution in [1.29, 1.82) is 0 Å². The quantitative estimate of drug-likeness (QED) is 0.741. The number of pyridine rings is 1. The summed E-state index contributed by atoms with van der Waals surface area (Å²) in [4.78, 5) is 6.26. The number of likely N-dealkylation sites (tertiary alicyclic amines) is 1. The van der Waals surface area contributed by atoms with Gasteiger partial charge in [-0.3, -0.25) is 4.98 Å². The van der Waals surface area contributed by atoms with E-state index in [9.17, 15) is 13.9 Å². The second kappa shape index (κ2) is 7.74. The van der Waals surface area contributed by atoms with E-state index in [4.69, 9.17) is 5.11 Å². The Balaban J connectivity index is 2.07. The van der Waals surface area contributed by atoms with Crippen LogP contribution in [0, 0.1) is 5.41 Å². The third-order valence-electron chi connectivity index (χ3n) is 6.01. The van der Waals surface area contributed by atoms with Crippen molar-refractivity contribution in [2.24, 2.45) is 5.41 Å². The average molecular weight is 405 g/mol. The lowest BCUT2D eigenvalue weighted by atomic mass is 9.62. The lowest BCUT2D eigenvalue weighted by Gasteiger charge is -2.56. The fourth-order valence-corrected chi connectivity index (χ4v) is 4.48. The molecular weight excluding hydrogens is 374 g/mol. The highest BCUT2D eigenvalue weighted by Gasteiger charge is 2.55. The Bertz CT molecular complexity index is 848. The number of aromatic nitrogens is 1. The van der Waals surface area contributed by atoms with E-state index in [-0.39, 0.29) is 5.56 Å². The number of benzene rings is 1. The van der Waals surface area contributed by atoms with Crippen LogP contribution in [0.15, 0.2) is 42.7 Å². The lowest BCUT2D eigenvalue weighted by molar-refractivity contribution is -0.127. The highest BCUT2D eigenvalue weighted by Crippen LogP contribution is 2.50. The van der Waals surface area contributed by atoms with E-state index in [0.29, 0.717) is 24.6 Å². The molecule has 1 aromatic carbocycles. The molecular formula is C23H30F2N2O2. The Kier molecular flexibility index (Phi) is 5.82. The molecule has 1 aliphatic heterocycles. The monoisotopic (exact) mass is 404 g/mol. The third kappa shape index (κ3) is 4.06. The molecule has 3 rings (SSSR count). The Labute approximate surface area is 171 Å². The van der Waals surface area contributed by atoms with Gasteiger partial charge in [0.05, 0.1) is 0 Å². The molecule has 29 heavy (non-hydrogen) atoms. The van der Waals surface area contributed by atoms with Crippen molar-refractivity contribution in [3.05, 3.63) is 65.0 Å². The summed E-state index contributed by atoms with van der Waals surface area (Å²) in [6, 6.07) is 9.46. The van der Waals surface area contributed by atoms with E-state index < -0.39 is 30.0 Å². The van der Waals surface area contributed by atoms with E-state index in [1.165, 1.54) is 11.8 Å². The molecule has 0 spiro atoms. The number of nitrogens with zero attached hydrogens (tertiary/aromatic N) is 2. The zero-order valence-corrected chi connectivity index (χ0v) is 17.5. The highest BCUT2D eigenvalue weighted by atomic mass is 19.3. The average Bonchev–Trinajstić information content (AvgIpc) is 2.66. The van der Waals surface area contributed by atoms with Gasteiger partial charge in [0.15, 0.2) is 0 Å². The van der Waals surface area contributed by atoms with Gasteiger partial charge in [-0.15, -0.1) is 0 Å². The Morgan fingerprint density at radius 1 is 1.14 bits per heavy atom. The van der Waals surface area contributed by atoms with Crippen LogP contribution in [0.3, 0.4) is 0 Å². The summed E-state index contributed by atoms with van der Waals surface area (Å²) in [6.07, 6.45) is 2.30. The summed E-state index contributed by atoms with van der Waals surface area (Å²) in [7, 11) is 1.99. The van der Waals surface area contributed by atoms with Gasteiger partial charge in [0.25, 0.3) is 5.92 Å². The number of rotatable bonds is 7. The minimum atomic E-state index is -3.22. The summed E-state index contributed by atoms with van der Waals surface area (Å²) in [5, 5.41) is 21.0. The third-order valence-corrected chi connectivity index (χ3v) is 6.01. The minimum Gasteiger partial charge on any atom is -0.390 e. The summed E-state index contributed by atoms with van der Waals surface area (Å²) >= 11 is 0. The first-order chi connectivity index (χ1) is 13.5. The lowest BCUT2D eigenvalue weighted by Crippen LogP contribution is -2.63. The maximum atomic E-state index is 13.7. The number of aliphatic hydroxyl groups is 2. The van der Waals surface area contributed by atoms with Gasteiger partial charge in [-0.1, -0.05) is 45.0 Å². The fraction of sp³-hybridized carbons (Fsp3) is 0.522. The molecule has 0 bridgehead atoms. The molecule has 1 atom stereocenters. The molecule has 1 unspecified atom stereocenters. The van der Waals surface area contributed by atoms with E-state index in [1.54, 1.807) is 12.3 Å². The number of aliphatic hydroxyl groups excluding tert-OH is 1. The number of alkyl halides is 2. The SMILES string of the molecule is CC(C)c1ccc(C(O)(c2cncc(CC(F)(F)CO)c2)C2(C)CN(C)C2)cc1. The normalized spacial score (nSPS) is 19.1. The molecule has 6 heteroatoms. The molecule has 0 amide bonds. The van der Waals surface area contributed by atoms with Crippen LogP contribution >= 0.6 is 0 Å². The van der Waals surface area contributed by atoms with Crippen molar-refractivity contribution < 1.29 is 19.0 Å². The van der Waals surface area contributed by atoms with E-state index in [0.717, 1.165) is 5.56 Å². The van der Waals surface area contributed by atoms with Crippen molar-refractivity contribution in [1.82, 2.24) is 9.88 Å². The van der Waals surface area contributed by atoms with Crippen LogP contribution in [-0.4, -0.2) is 52.8 Å². The smallest absolute Gasteiger partial charge is 0.274 e. The van der Waals surface area contributed by atoms with Gasteiger partial charge < -0.3 is 15.1 Å². The zero-order valence-electron chi connectivity index (χ0n) is 17.5. The van der Waals surface area contributed by atoms with Crippen molar-refractivity contribution >= 4 is 0 Å². The van der Waals surface area contributed by atoms with Crippen LogP contribution in [0.1, 0.15) is 48.9 Å². The standard InChI is InChI=1S/C23H30F2N2O2/c1-16(2)18-5-7-19(8-6-18)23(29,21(3)13-27(4)14-21)20-9-17(11-26-12-20)10-22(24,25)15-28/h5-9,11-12,16,28-29H,10,13-15H2,1-4H3. The molecule has 2 heterocycles. The molecule has 158 valence electrons. The van der Waals surface area contributed by atoms with Gasteiger partial charge in [0.1, 0.15) is 12.2 Å². The topological polar surface area (TPSA) is 56.6 Å². The summed E-state index contributed by atoms with van der Waals surface area (Å²) in [5.74, 6) is -2.86. The highest BCUT2D eigenvalue weighted by molar-refractivity contribution is 5.42. The second-order valence-corrected chi connectivity index (χ2v) is 8.99. The first-order valence-corrected chi connectivity index (χ1v) is 9.95. The largest absolute Gasteiger partial charge is 0.390 e. The van der Waals surface area contributed by atoms with Gasteiger partial charge in [-0.05, 0) is 35.7 Å². The van der Waals surface area contributed by atoms with Crippen molar-refractivity contribution in [3.8, 4) is 0 Å². The van der Waals surface area contributed by atoms with Crippen LogP contribution < -0.4 is 0 Å². The van der Waals surface area contributed by atoms with E-state index in [2.05, 4.69) is 23.7 Å². The Morgan fingerprint density at radius 3 is 2.28 bits per heavy atom. The Morgan fingerprint density at radius 2 is 1.76 bits per heavy atom. The van der Waals surface area contributed by atoms with Crippen molar-refractivity contribution in [3.63, 3.8) is 0 Å². The van der Waals surface area contributed by atoms with Crippen molar-refractivity contribution in [2.75, 3.05) is 26.7 Å². The first kappa shape index (κ1) is 21.8. The molecule has 0 aliphatic carbocycles. The predicted octanol–water partition coefficient (Wildman–Crippen LogP) is 3.56. The molecule has 1 fully saturated rings. The summed E-state index contributed by atoms with van der Waals surface area (Å²) < 4.78 is 27.5. The molecule has 1 aromatic heterocycles. The second-order valence-electron chi connectivity index (χ2n) is 8.99. The van der Waals surface area contributed by atoms with Gasteiger partial charge in [0, 0.05) is 42.9 Å². The van der Waals surface area contributed by atoms with Crippen LogP contribution in [0.25, 0.3) is 0 Å². The minimum absolute atomic E-state index is 0.287. The van der Waals surface area contributed by atoms with Crippen LogP contribution in [-0.2, 0) is 12.0 Å². The van der Waals surface area contributed by atoms with Crippen LogP contribution in [0.4, 0.5) is 8.78 Å². The number of hydrogen-bond acceptors (Lipinski definition) is 4. The van der Waals surface area contributed by atoms with Gasteiger partial charge >= 0.3 is 0 Å². The zero-order chi connectivity index (χ0) is 21.4. The maximum Gasteiger partial charge on any atom is 0.274 e. The number of hydrogen-bond donors (Lipinski definition) is 2. The first-order valence-electron chi connectivity index (χ1n) is 9.95. The summed E-state index contributed by atoms with van der Waals surface area (Å²) in [6.45, 7) is 6.36. The molecule has 0 saturated carbocycles. The Hall–Kier alpha value is -1.89. The van der Waals surface area contributed by atoms with Crippen LogP contribution in [0.2, 0.25) is 0 Å². The fourth-order valence-electron chi connectivity index (χ4n) is 4.48. The maximum absolute atomic E-state index is 13.7. The van der Waals surface area contributed by atoms with Crippen LogP contribution in [0.5, 0.6) is 0 Å². The molecule has 4 nitrogen and oxygen atoms in total.